The van der Waals surface area contributed by atoms with Gasteiger partial charge in [-0.3, -0.25) is 0 Å². The van der Waals surface area contributed by atoms with Gasteiger partial charge >= 0.3 is 6.36 Å². The zero-order valence-corrected chi connectivity index (χ0v) is 16.4. The number of alkyl halides is 3. The van der Waals surface area contributed by atoms with E-state index in [-0.39, 0.29) is 5.75 Å². The molecule has 0 bridgehead atoms. The Kier molecular flexibility index (Phi) is 7.10. The summed E-state index contributed by atoms with van der Waals surface area (Å²) in [6, 6.07) is 6.52. The topological polar surface area (TPSA) is 9.23 Å². The largest absolute Gasteiger partial charge is 0.573 e. The third-order valence-electron chi connectivity index (χ3n) is 6.88. The fraction of sp³-hybridized carbons (Fsp3) is 0.739. The summed E-state index contributed by atoms with van der Waals surface area (Å²) >= 11 is 0. The Morgan fingerprint density at radius 1 is 0.852 bits per heavy atom. The van der Waals surface area contributed by atoms with Crippen molar-refractivity contribution in [3.05, 3.63) is 29.8 Å². The van der Waals surface area contributed by atoms with Crippen molar-refractivity contribution < 1.29 is 17.9 Å². The normalized spacial score (nSPS) is 29.5. The second kappa shape index (κ2) is 9.34. The number of hydrogen-bond donors (Lipinski definition) is 0. The van der Waals surface area contributed by atoms with Gasteiger partial charge in [-0.25, -0.2) is 0 Å². The smallest absolute Gasteiger partial charge is 0.406 e. The average Bonchev–Trinajstić information content (AvgIpc) is 2.66. The highest BCUT2D eigenvalue weighted by molar-refractivity contribution is 5.29. The van der Waals surface area contributed by atoms with E-state index in [2.05, 4.69) is 11.7 Å². The molecule has 0 atom stereocenters. The Balaban J connectivity index is 1.44. The minimum absolute atomic E-state index is 0.125. The summed E-state index contributed by atoms with van der Waals surface area (Å²) in [5.41, 5.74) is 1.16. The molecule has 1 nitrogen and oxygen atoms in total. The van der Waals surface area contributed by atoms with Gasteiger partial charge in [-0.05, 0) is 79.9 Å². The molecule has 2 aliphatic carbocycles. The van der Waals surface area contributed by atoms with Crippen molar-refractivity contribution in [3.63, 3.8) is 0 Å². The van der Waals surface area contributed by atoms with Gasteiger partial charge in [-0.15, -0.1) is 13.2 Å². The predicted molar refractivity (Wildman–Crippen MR) is 103 cm³/mol. The molecule has 4 heteroatoms. The summed E-state index contributed by atoms with van der Waals surface area (Å²) in [5.74, 6) is 3.10. The molecule has 0 saturated heterocycles. The molecule has 2 fully saturated rings. The minimum atomic E-state index is -4.62. The van der Waals surface area contributed by atoms with E-state index >= 15 is 0 Å². The van der Waals surface area contributed by atoms with E-state index < -0.39 is 6.36 Å². The molecule has 27 heavy (non-hydrogen) atoms. The van der Waals surface area contributed by atoms with Gasteiger partial charge in [-0.1, -0.05) is 51.2 Å². The number of hydrogen-bond acceptors (Lipinski definition) is 1. The van der Waals surface area contributed by atoms with Crippen LogP contribution >= 0.6 is 0 Å². The lowest BCUT2D eigenvalue weighted by molar-refractivity contribution is -0.274. The quantitative estimate of drug-likeness (QED) is 0.486. The molecular formula is C23H33F3O. The Bertz CT molecular complexity index is 550. The van der Waals surface area contributed by atoms with Gasteiger partial charge in [0.05, 0.1) is 0 Å². The molecule has 0 unspecified atom stereocenters. The van der Waals surface area contributed by atoms with E-state index in [0.29, 0.717) is 5.92 Å². The molecule has 2 aliphatic rings. The SMILES string of the molecule is CCCCC1CCC(C2CCC(c3ccc(OC(F)(F)F)cc3)CC2)CC1. The first-order valence-electron chi connectivity index (χ1n) is 10.8. The third kappa shape index (κ3) is 6.15. The number of benzene rings is 1. The molecule has 1 aromatic rings. The Morgan fingerprint density at radius 2 is 1.41 bits per heavy atom. The number of rotatable bonds is 6. The van der Waals surface area contributed by atoms with Crippen molar-refractivity contribution in [2.24, 2.45) is 17.8 Å². The molecule has 0 amide bonds. The number of unbranched alkanes of at least 4 members (excludes halogenated alkanes) is 1. The lowest BCUT2D eigenvalue weighted by Crippen LogP contribution is -2.25. The Morgan fingerprint density at radius 3 is 1.93 bits per heavy atom. The van der Waals surface area contributed by atoms with Crippen LogP contribution < -0.4 is 4.74 Å². The van der Waals surface area contributed by atoms with Crippen molar-refractivity contribution in [2.45, 2.75) is 89.8 Å². The molecule has 0 heterocycles. The second-order valence-corrected chi connectivity index (χ2v) is 8.65. The van der Waals surface area contributed by atoms with E-state index in [4.69, 9.17) is 0 Å². The van der Waals surface area contributed by atoms with Crippen LogP contribution in [0.1, 0.15) is 89.0 Å². The highest BCUT2D eigenvalue weighted by Gasteiger charge is 2.32. The monoisotopic (exact) mass is 382 g/mol. The van der Waals surface area contributed by atoms with Crippen molar-refractivity contribution in [2.75, 3.05) is 0 Å². The molecule has 152 valence electrons. The zero-order chi connectivity index (χ0) is 19.3. The molecule has 0 N–H and O–H groups in total. The van der Waals surface area contributed by atoms with Crippen molar-refractivity contribution in [1.82, 2.24) is 0 Å². The first kappa shape index (κ1) is 20.5. The maximum absolute atomic E-state index is 12.3. The fourth-order valence-electron chi connectivity index (χ4n) is 5.31. The molecule has 0 spiro atoms. The van der Waals surface area contributed by atoms with E-state index in [1.807, 2.05) is 12.1 Å². The van der Waals surface area contributed by atoms with Gasteiger partial charge in [-0.2, -0.15) is 0 Å². The summed E-state index contributed by atoms with van der Waals surface area (Å²) in [4.78, 5) is 0. The molecule has 1 aromatic carbocycles. The standard InChI is InChI=1S/C23H33F3O/c1-2-3-4-17-5-7-18(8-6-17)19-9-11-20(12-10-19)21-13-15-22(16-14-21)27-23(24,25)26/h13-20H,2-12H2,1H3. The van der Waals surface area contributed by atoms with E-state index in [1.54, 1.807) is 0 Å². The van der Waals surface area contributed by atoms with Gasteiger partial charge in [0.25, 0.3) is 0 Å². The molecule has 3 rings (SSSR count). The Hall–Kier alpha value is -1.19. The molecule has 0 aromatic heterocycles. The maximum Gasteiger partial charge on any atom is 0.573 e. The molecule has 0 radical (unpaired) electrons. The maximum atomic E-state index is 12.3. The van der Waals surface area contributed by atoms with Gasteiger partial charge in [0.1, 0.15) is 5.75 Å². The van der Waals surface area contributed by atoms with Crippen LogP contribution in [-0.2, 0) is 0 Å². The summed E-state index contributed by atoms with van der Waals surface area (Å²) in [5, 5.41) is 0. The first-order chi connectivity index (χ1) is 12.9. The first-order valence-corrected chi connectivity index (χ1v) is 10.8. The van der Waals surface area contributed by atoms with Gasteiger partial charge in [0.2, 0.25) is 0 Å². The highest BCUT2D eigenvalue weighted by atomic mass is 19.4. The van der Waals surface area contributed by atoms with Crippen LogP contribution in [-0.4, -0.2) is 6.36 Å². The van der Waals surface area contributed by atoms with E-state index in [9.17, 15) is 13.2 Å². The minimum Gasteiger partial charge on any atom is -0.406 e. The zero-order valence-electron chi connectivity index (χ0n) is 16.4. The summed E-state index contributed by atoms with van der Waals surface area (Å²) < 4.78 is 40.8. The van der Waals surface area contributed by atoms with Gasteiger partial charge in [0, 0.05) is 0 Å². The highest BCUT2D eigenvalue weighted by Crippen LogP contribution is 2.44. The summed E-state index contributed by atoms with van der Waals surface area (Å²) in [7, 11) is 0. The average molecular weight is 383 g/mol. The van der Waals surface area contributed by atoms with Crippen LogP contribution in [0.4, 0.5) is 13.2 Å². The summed E-state index contributed by atoms with van der Waals surface area (Å²) in [6.07, 6.45) is 10.0. The molecule has 0 aliphatic heterocycles. The van der Waals surface area contributed by atoms with Crippen LogP contribution in [0.25, 0.3) is 0 Å². The fourth-order valence-corrected chi connectivity index (χ4v) is 5.31. The van der Waals surface area contributed by atoms with Crippen molar-refractivity contribution in [3.8, 4) is 5.75 Å². The molecular weight excluding hydrogens is 349 g/mol. The van der Waals surface area contributed by atoms with Crippen molar-refractivity contribution in [1.29, 1.82) is 0 Å². The van der Waals surface area contributed by atoms with Crippen molar-refractivity contribution >= 4 is 0 Å². The van der Waals surface area contributed by atoms with Crippen LogP contribution in [0.15, 0.2) is 24.3 Å². The number of halogens is 3. The van der Waals surface area contributed by atoms with E-state index in [1.165, 1.54) is 82.8 Å². The van der Waals surface area contributed by atoms with Gasteiger partial charge < -0.3 is 4.74 Å². The van der Waals surface area contributed by atoms with Crippen LogP contribution in [0, 0.1) is 17.8 Å². The summed E-state index contributed by atoms with van der Waals surface area (Å²) in [6.45, 7) is 2.28. The second-order valence-electron chi connectivity index (χ2n) is 8.65. The lowest BCUT2D eigenvalue weighted by Gasteiger charge is -2.38. The molecule has 2 saturated carbocycles. The van der Waals surface area contributed by atoms with Crippen LogP contribution in [0.3, 0.4) is 0 Å². The Labute approximate surface area is 161 Å². The van der Waals surface area contributed by atoms with Crippen LogP contribution in [0.5, 0.6) is 5.75 Å². The van der Waals surface area contributed by atoms with Gasteiger partial charge in [0.15, 0.2) is 0 Å². The third-order valence-corrected chi connectivity index (χ3v) is 6.88. The number of ether oxygens (including phenoxy) is 1. The van der Waals surface area contributed by atoms with E-state index in [0.717, 1.165) is 23.3 Å². The van der Waals surface area contributed by atoms with Crippen LogP contribution in [0.2, 0.25) is 0 Å². The predicted octanol–water partition coefficient (Wildman–Crippen LogP) is 7.86. The lowest BCUT2D eigenvalue weighted by atomic mass is 9.68.